The number of furan rings is 1. The van der Waals surface area contributed by atoms with Crippen LogP contribution in [0, 0.1) is 11.6 Å². The van der Waals surface area contributed by atoms with E-state index in [0.717, 1.165) is 24.5 Å². The Morgan fingerprint density at radius 2 is 2.11 bits per heavy atom. The Hall–Kier alpha value is -0.940. The van der Waals surface area contributed by atoms with E-state index in [1.54, 1.807) is 7.05 Å². The summed E-state index contributed by atoms with van der Waals surface area (Å²) in [6, 6.07) is 1.15. The molecule has 2 nitrogen and oxygen atoms in total. The van der Waals surface area contributed by atoms with Gasteiger partial charge >= 0.3 is 0 Å². The van der Waals surface area contributed by atoms with Crippen LogP contribution in [0.3, 0.4) is 0 Å². The molecule has 0 saturated carbocycles. The van der Waals surface area contributed by atoms with Crippen molar-refractivity contribution in [1.82, 2.24) is 5.32 Å². The molecule has 0 aliphatic rings. The maximum Gasteiger partial charge on any atom is 0.201 e. The number of benzene rings is 1. The maximum atomic E-state index is 13.7. The molecule has 0 unspecified atom stereocenters. The van der Waals surface area contributed by atoms with Crippen molar-refractivity contribution in [3.05, 3.63) is 33.5 Å². The molecular weight excluding hydrogens is 304 g/mol. The van der Waals surface area contributed by atoms with Crippen LogP contribution in [-0.2, 0) is 13.0 Å². The summed E-state index contributed by atoms with van der Waals surface area (Å²) in [5.74, 6) is -1.16. The zero-order chi connectivity index (χ0) is 13.3. The Morgan fingerprint density at radius 1 is 1.39 bits per heavy atom. The molecule has 1 aromatic heterocycles. The third-order valence-electron chi connectivity index (χ3n) is 2.83. The summed E-state index contributed by atoms with van der Waals surface area (Å²) < 4.78 is 33.1. The lowest BCUT2D eigenvalue weighted by molar-refractivity contribution is 0.471. The Kier molecular flexibility index (Phi) is 4.02. The van der Waals surface area contributed by atoms with Crippen molar-refractivity contribution in [2.45, 2.75) is 26.3 Å². The van der Waals surface area contributed by atoms with E-state index in [1.807, 2.05) is 6.92 Å². The van der Waals surface area contributed by atoms with Crippen molar-refractivity contribution < 1.29 is 13.2 Å². The number of halogens is 3. The van der Waals surface area contributed by atoms with Gasteiger partial charge < -0.3 is 9.73 Å². The highest BCUT2D eigenvalue weighted by Gasteiger charge is 2.21. The van der Waals surface area contributed by atoms with Gasteiger partial charge in [0.2, 0.25) is 5.82 Å². The number of aryl methyl sites for hydroxylation is 1. The van der Waals surface area contributed by atoms with Crippen LogP contribution in [0.2, 0.25) is 0 Å². The maximum absolute atomic E-state index is 13.7. The van der Waals surface area contributed by atoms with E-state index >= 15 is 0 Å². The lowest BCUT2D eigenvalue weighted by Gasteiger charge is -2.01. The molecule has 0 atom stereocenters. The fraction of sp³-hybridized carbons (Fsp3) is 0.385. The summed E-state index contributed by atoms with van der Waals surface area (Å²) in [6.45, 7) is 2.54. The second-order valence-corrected chi connectivity index (χ2v) is 5.00. The summed E-state index contributed by atoms with van der Waals surface area (Å²) in [4.78, 5) is 0. The number of nitrogens with one attached hydrogen (secondary N) is 1. The molecule has 5 heteroatoms. The van der Waals surface area contributed by atoms with Gasteiger partial charge in [0.1, 0.15) is 5.76 Å². The summed E-state index contributed by atoms with van der Waals surface area (Å²) in [7, 11) is 1.79. The van der Waals surface area contributed by atoms with Crippen LogP contribution in [0.1, 0.15) is 24.7 Å². The number of hydrogen-bond donors (Lipinski definition) is 1. The zero-order valence-electron chi connectivity index (χ0n) is 10.2. The quantitative estimate of drug-likeness (QED) is 0.857. The van der Waals surface area contributed by atoms with Crippen LogP contribution in [0.5, 0.6) is 0 Å². The van der Waals surface area contributed by atoms with Gasteiger partial charge in [-0.15, -0.1) is 0 Å². The summed E-state index contributed by atoms with van der Waals surface area (Å²) in [5, 5.41) is 3.61. The van der Waals surface area contributed by atoms with E-state index in [1.165, 1.54) is 0 Å². The lowest BCUT2D eigenvalue weighted by Crippen LogP contribution is -2.06. The molecule has 18 heavy (non-hydrogen) atoms. The van der Waals surface area contributed by atoms with E-state index in [4.69, 9.17) is 4.42 Å². The van der Waals surface area contributed by atoms with Gasteiger partial charge in [-0.1, -0.05) is 13.3 Å². The second kappa shape index (κ2) is 5.36. The molecule has 1 heterocycles. The van der Waals surface area contributed by atoms with Crippen molar-refractivity contribution in [3.63, 3.8) is 0 Å². The molecule has 0 aliphatic heterocycles. The van der Waals surface area contributed by atoms with Crippen LogP contribution >= 0.6 is 15.9 Å². The van der Waals surface area contributed by atoms with Crippen molar-refractivity contribution in [2.75, 3.05) is 7.05 Å². The molecule has 0 aliphatic carbocycles. The monoisotopic (exact) mass is 317 g/mol. The van der Waals surface area contributed by atoms with Crippen molar-refractivity contribution >= 4 is 26.9 Å². The fourth-order valence-electron chi connectivity index (χ4n) is 2.09. The van der Waals surface area contributed by atoms with Gasteiger partial charge in [-0.2, -0.15) is 4.39 Å². The highest BCUT2D eigenvalue weighted by molar-refractivity contribution is 9.10. The molecule has 2 rings (SSSR count). The van der Waals surface area contributed by atoms with Gasteiger partial charge in [0.05, 0.1) is 6.54 Å². The molecule has 0 fully saturated rings. The summed E-state index contributed by atoms with van der Waals surface area (Å²) in [5.41, 5.74) is 0.934. The first-order chi connectivity index (χ1) is 8.60. The fourth-order valence-corrected chi connectivity index (χ4v) is 2.71. The molecule has 0 spiro atoms. The number of hydrogen-bond acceptors (Lipinski definition) is 2. The van der Waals surface area contributed by atoms with Crippen LogP contribution in [0.25, 0.3) is 11.0 Å². The highest BCUT2D eigenvalue weighted by atomic mass is 79.9. The van der Waals surface area contributed by atoms with E-state index in [0.29, 0.717) is 22.2 Å². The van der Waals surface area contributed by atoms with Crippen LogP contribution in [0.4, 0.5) is 8.78 Å². The van der Waals surface area contributed by atoms with E-state index in [9.17, 15) is 8.78 Å². The average molecular weight is 318 g/mol. The van der Waals surface area contributed by atoms with Gasteiger partial charge in [0, 0.05) is 15.4 Å². The standard InChI is InChI=1S/C13H14BrF2NO/c1-3-4-7-10(6-17-2)18-13-11(7)8(14)5-9(15)12(13)16/h5,17H,3-4,6H2,1-2H3. The number of fused-ring (bicyclic) bond motifs is 1. The van der Waals surface area contributed by atoms with Gasteiger partial charge in [-0.05, 0) is 35.5 Å². The third-order valence-corrected chi connectivity index (χ3v) is 3.45. The lowest BCUT2D eigenvalue weighted by atomic mass is 10.1. The predicted octanol–water partition coefficient (Wildman–Crippen LogP) is 4.15. The molecule has 98 valence electrons. The van der Waals surface area contributed by atoms with E-state index < -0.39 is 11.6 Å². The molecule has 0 bridgehead atoms. The SMILES string of the molecule is CCCc1c(CNC)oc2c(F)c(F)cc(Br)c12. The van der Waals surface area contributed by atoms with E-state index in [-0.39, 0.29) is 5.58 Å². The summed E-state index contributed by atoms with van der Waals surface area (Å²) >= 11 is 3.28. The minimum atomic E-state index is -0.923. The second-order valence-electron chi connectivity index (χ2n) is 4.14. The molecule has 0 radical (unpaired) electrons. The molecular formula is C13H14BrF2NO. The van der Waals surface area contributed by atoms with Crippen LogP contribution < -0.4 is 5.32 Å². The normalized spacial score (nSPS) is 11.4. The Morgan fingerprint density at radius 3 is 2.72 bits per heavy atom. The highest BCUT2D eigenvalue weighted by Crippen LogP contribution is 2.35. The number of rotatable bonds is 4. The molecule has 0 saturated heterocycles. The first-order valence-electron chi connectivity index (χ1n) is 5.82. The average Bonchev–Trinajstić information content (AvgIpc) is 2.67. The van der Waals surface area contributed by atoms with Gasteiger partial charge in [0.15, 0.2) is 11.4 Å². The smallest absolute Gasteiger partial charge is 0.201 e. The first-order valence-corrected chi connectivity index (χ1v) is 6.61. The molecule has 1 aromatic carbocycles. The predicted molar refractivity (Wildman–Crippen MR) is 70.6 cm³/mol. The van der Waals surface area contributed by atoms with Gasteiger partial charge in [-0.25, -0.2) is 4.39 Å². The molecule has 1 N–H and O–H groups in total. The minimum Gasteiger partial charge on any atom is -0.456 e. The Balaban J connectivity index is 2.75. The first kappa shape index (κ1) is 13.5. The van der Waals surface area contributed by atoms with Crippen LogP contribution in [0.15, 0.2) is 15.0 Å². The zero-order valence-corrected chi connectivity index (χ0v) is 11.8. The summed E-state index contributed by atoms with van der Waals surface area (Å²) in [6.07, 6.45) is 1.68. The molecule has 2 aromatic rings. The van der Waals surface area contributed by atoms with Crippen molar-refractivity contribution in [1.29, 1.82) is 0 Å². The Bertz CT molecular complexity index is 580. The van der Waals surface area contributed by atoms with Crippen molar-refractivity contribution in [2.24, 2.45) is 0 Å². The Labute approximate surface area is 112 Å². The topological polar surface area (TPSA) is 25.2 Å². The van der Waals surface area contributed by atoms with E-state index in [2.05, 4.69) is 21.2 Å². The molecule has 0 amide bonds. The third kappa shape index (κ3) is 2.17. The van der Waals surface area contributed by atoms with Gasteiger partial charge in [0.25, 0.3) is 0 Å². The van der Waals surface area contributed by atoms with Crippen molar-refractivity contribution in [3.8, 4) is 0 Å². The van der Waals surface area contributed by atoms with Crippen LogP contribution in [-0.4, -0.2) is 7.05 Å². The minimum absolute atomic E-state index is 0.00410. The largest absolute Gasteiger partial charge is 0.456 e. The van der Waals surface area contributed by atoms with Gasteiger partial charge in [-0.3, -0.25) is 0 Å².